The molecule has 1 aromatic rings. The molecule has 2 N–H and O–H groups in total. The van der Waals surface area contributed by atoms with Gasteiger partial charge in [0.25, 0.3) is 0 Å². The van der Waals surface area contributed by atoms with E-state index in [4.69, 9.17) is 10.5 Å². The summed E-state index contributed by atoms with van der Waals surface area (Å²) in [6, 6.07) is 6.88. The molecule has 1 rings (SSSR count). The van der Waals surface area contributed by atoms with Crippen molar-refractivity contribution in [3.05, 3.63) is 29.8 Å². The summed E-state index contributed by atoms with van der Waals surface area (Å²) in [5.74, 6) is -0.608. The van der Waals surface area contributed by atoms with E-state index in [0.29, 0.717) is 5.69 Å². The average molecular weight is 299 g/mol. The van der Waals surface area contributed by atoms with Gasteiger partial charge in [-0.1, -0.05) is 12.1 Å². The van der Waals surface area contributed by atoms with E-state index in [1.165, 1.54) is 0 Å². The number of nitrogens with two attached hydrogens (primary N) is 1. The van der Waals surface area contributed by atoms with Crippen molar-refractivity contribution in [2.45, 2.75) is 31.9 Å². The second-order valence-corrected chi connectivity index (χ2v) is 8.43. The van der Waals surface area contributed by atoms with Gasteiger partial charge in [-0.05, 0) is 38.5 Å². The van der Waals surface area contributed by atoms with E-state index < -0.39 is 20.6 Å². The van der Waals surface area contributed by atoms with Crippen LogP contribution in [0.25, 0.3) is 0 Å². The predicted molar refractivity (Wildman–Crippen MR) is 79.1 cm³/mol. The van der Waals surface area contributed by atoms with Crippen molar-refractivity contribution >= 4 is 21.5 Å². The molecule has 0 fully saturated rings. The number of hydrogen-bond donors (Lipinski definition) is 1. The van der Waals surface area contributed by atoms with E-state index in [-0.39, 0.29) is 18.8 Å². The number of carbonyl (C=O) groups is 1. The molecule has 0 aliphatic rings. The quantitative estimate of drug-likeness (QED) is 0.658. The third kappa shape index (κ3) is 4.85. The van der Waals surface area contributed by atoms with E-state index in [0.717, 1.165) is 5.56 Å². The van der Waals surface area contributed by atoms with Gasteiger partial charge < -0.3 is 10.5 Å². The van der Waals surface area contributed by atoms with Gasteiger partial charge in [0.1, 0.15) is 6.61 Å². The van der Waals surface area contributed by atoms with Gasteiger partial charge in [-0.25, -0.2) is 8.42 Å². The molecule has 112 valence electrons. The predicted octanol–water partition coefficient (Wildman–Crippen LogP) is 1.57. The van der Waals surface area contributed by atoms with Crippen molar-refractivity contribution < 1.29 is 17.9 Å². The van der Waals surface area contributed by atoms with Crippen molar-refractivity contribution in [3.63, 3.8) is 0 Å². The molecular weight excluding hydrogens is 278 g/mol. The highest BCUT2D eigenvalue weighted by molar-refractivity contribution is 7.92. The second-order valence-electron chi connectivity index (χ2n) is 5.57. The van der Waals surface area contributed by atoms with Gasteiger partial charge in [-0.2, -0.15) is 0 Å². The number of carbonyl (C=O) groups excluding carboxylic acids is 1. The SMILES string of the molecule is CC(C)(C)S(=O)(=O)CCOC(=O)Cc1ccc(N)cc1. The summed E-state index contributed by atoms with van der Waals surface area (Å²) in [5.41, 5.74) is 6.95. The fourth-order valence-electron chi connectivity index (χ4n) is 1.42. The maximum atomic E-state index is 11.8. The van der Waals surface area contributed by atoms with Crippen molar-refractivity contribution in [1.29, 1.82) is 0 Å². The molecule has 0 atom stereocenters. The first kappa shape index (κ1) is 16.5. The molecule has 0 saturated heterocycles. The molecule has 0 aliphatic carbocycles. The molecule has 0 unspecified atom stereocenters. The molecular formula is C14H21NO4S. The summed E-state index contributed by atoms with van der Waals surface area (Å²) in [4.78, 5) is 11.6. The molecule has 0 saturated carbocycles. The number of rotatable bonds is 5. The zero-order valence-electron chi connectivity index (χ0n) is 12.0. The van der Waals surface area contributed by atoms with Crippen LogP contribution in [0.3, 0.4) is 0 Å². The van der Waals surface area contributed by atoms with Crippen molar-refractivity contribution in [1.82, 2.24) is 0 Å². The minimum atomic E-state index is -3.27. The van der Waals surface area contributed by atoms with Gasteiger partial charge in [0.15, 0.2) is 9.84 Å². The highest BCUT2D eigenvalue weighted by Crippen LogP contribution is 2.15. The number of anilines is 1. The fourth-order valence-corrected chi connectivity index (χ4v) is 2.34. The maximum absolute atomic E-state index is 11.8. The average Bonchev–Trinajstić information content (AvgIpc) is 2.30. The Hall–Kier alpha value is -1.56. The molecule has 0 radical (unpaired) electrons. The van der Waals surface area contributed by atoms with E-state index >= 15 is 0 Å². The van der Waals surface area contributed by atoms with Gasteiger partial charge in [-0.15, -0.1) is 0 Å². The molecule has 0 aliphatic heterocycles. The number of nitrogen functional groups attached to an aromatic ring is 1. The zero-order valence-corrected chi connectivity index (χ0v) is 12.9. The Bertz CT molecular complexity index is 556. The zero-order chi connectivity index (χ0) is 15.4. The molecule has 0 spiro atoms. The number of esters is 1. The Morgan fingerprint density at radius 2 is 1.75 bits per heavy atom. The van der Waals surface area contributed by atoms with E-state index in [2.05, 4.69) is 0 Å². The van der Waals surface area contributed by atoms with Gasteiger partial charge >= 0.3 is 5.97 Å². The van der Waals surface area contributed by atoms with Crippen LogP contribution in [0, 0.1) is 0 Å². The van der Waals surface area contributed by atoms with Crippen LogP contribution in [-0.2, 0) is 25.8 Å². The number of ether oxygens (including phenoxy) is 1. The molecule has 0 bridgehead atoms. The smallest absolute Gasteiger partial charge is 0.310 e. The summed E-state index contributed by atoms with van der Waals surface area (Å²) in [7, 11) is -3.27. The first-order valence-corrected chi connectivity index (χ1v) is 7.99. The maximum Gasteiger partial charge on any atom is 0.310 e. The minimum Gasteiger partial charge on any atom is -0.464 e. The van der Waals surface area contributed by atoms with Gasteiger partial charge in [0.2, 0.25) is 0 Å². The van der Waals surface area contributed by atoms with Crippen molar-refractivity contribution in [2.75, 3.05) is 18.1 Å². The van der Waals surface area contributed by atoms with E-state index in [1.54, 1.807) is 45.0 Å². The topological polar surface area (TPSA) is 86.5 Å². The lowest BCUT2D eigenvalue weighted by Gasteiger charge is -2.18. The summed E-state index contributed by atoms with van der Waals surface area (Å²) in [6.45, 7) is 4.75. The van der Waals surface area contributed by atoms with Crippen LogP contribution in [0.15, 0.2) is 24.3 Å². The van der Waals surface area contributed by atoms with Crippen LogP contribution in [0.5, 0.6) is 0 Å². The molecule has 20 heavy (non-hydrogen) atoms. The largest absolute Gasteiger partial charge is 0.464 e. The highest BCUT2D eigenvalue weighted by Gasteiger charge is 2.28. The van der Waals surface area contributed by atoms with Gasteiger partial charge in [0, 0.05) is 5.69 Å². The number of sulfone groups is 1. The summed E-state index contributed by atoms with van der Waals surface area (Å²) in [5, 5.41) is 0. The van der Waals surface area contributed by atoms with Crippen molar-refractivity contribution in [2.24, 2.45) is 0 Å². The molecule has 6 heteroatoms. The normalized spacial score (nSPS) is 12.2. The standard InChI is InChI=1S/C14H21NO4S/c1-14(2,3)20(17,18)9-8-19-13(16)10-11-4-6-12(15)7-5-11/h4-7H,8-10,15H2,1-3H3. The Labute approximate surface area is 120 Å². The lowest BCUT2D eigenvalue weighted by atomic mass is 10.1. The second kappa shape index (κ2) is 6.26. The minimum absolute atomic E-state index is 0.107. The number of hydrogen-bond acceptors (Lipinski definition) is 5. The molecule has 0 heterocycles. The van der Waals surface area contributed by atoms with Gasteiger partial charge in [-0.3, -0.25) is 4.79 Å². The third-order valence-corrected chi connectivity index (χ3v) is 5.45. The lowest BCUT2D eigenvalue weighted by Crippen LogP contribution is -2.32. The Balaban J connectivity index is 2.43. The van der Waals surface area contributed by atoms with E-state index in [1.807, 2.05) is 0 Å². The first-order chi connectivity index (χ1) is 9.12. The lowest BCUT2D eigenvalue weighted by molar-refractivity contribution is -0.142. The monoisotopic (exact) mass is 299 g/mol. The molecule has 1 aromatic carbocycles. The Morgan fingerprint density at radius 3 is 2.25 bits per heavy atom. The van der Waals surface area contributed by atoms with Crippen LogP contribution in [0.4, 0.5) is 5.69 Å². The third-order valence-electron chi connectivity index (χ3n) is 2.88. The molecule has 0 amide bonds. The van der Waals surface area contributed by atoms with Gasteiger partial charge in [0.05, 0.1) is 16.9 Å². The van der Waals surface area contributed by atoms with Crippen LogP contribution < -0.4 is 5.73 Å². The highest BCUT2D eigenvalue weighted by atomic mass is 32.2. The van der Waals surface area contributed by atoms with Crippen LogP contribution >= 0.6 is 0 Å². The van der Waals surface area contributed by atoms with E-state index in [9.17, 15) is 13.2 Å². The summed E-state index contributed by atoms with van der Waals surface area (Å²) < 4.78 is 27.8. The fraction of sp³-hybridized carbons (Fsp3) is 0.500. The van der Waals surface area contributed by atoms with Crippen LogP contribution in [0.2, 0.25) is 0 Å². The Morgan fingerprint density at radius 1 is 1.20 bits per heavy atom. The number of benzene rings is 1. The summed E-state index contributed by atoms with van der Waals surface area (Å²) in [6.07, 6.45) is 0.107. The van der Waals surface area contributed by atoms with Crippen molar-refractivity contribution in [3.8, 4) is 0 Å². The molecule has 5 nitrogen and oxygen atoms in total. The summed E-state index contributed by atoms with van der Waals surface area (Å²) >= 11 is 0. The van der Waals surface area contributed by atoms with Crippen LogP contribution in [-0.4, -0.2) is 31.5 Å². The first-order valence-electron chi connectivity index (χ1n) is 6.34. The van der Waals surface area contributed by atoms with Crippen LogP contribution in [0.1, 0.15) is 26.3 Å². The molecule has 0 aromatic heterocycles. The Kier molecular flexibility index (Phi) is 5.16.